The maximum Gasteiger partial charge on any atom is 0.0922 e. The smallest absolute Gasteiger partial charge is 0.0922 e. The van der Waals surface area contributed by atoms with Crippen molar-refractivity contribution in [2.45, 2.75) is 29.9 Å². The number of nitrogen functional groups attached to an aromatic ring is 1. The van der Waals surface area contributed by atoms with Gasteiger partial charge in [0.05, 0.1) is 28.1 Å². The predicted molar refractivity (Wildman–Crippen MR) is 73.5 cm³/mol. The summed E-state index contributed by atoms with van der Waals surface area (Å²) in [5, 5.41) is -0.0406. The Balaban J connectivity index is 2.26. The molecule has 1 aromatic heterocycles. The van der Waals surface area contributed by atoms with Gasteiger partial charge in [0.2, 0.25) is 0 Å². The maximum atomic E-state index is 12.6. The Kier molecular flexibility index (Phi) is 4.15. The zero-order valence-electron chi connectivity index (χ0n) is 10.3. The van der Waals surface area contributed by atoms with Gasteiger partial charge >= 0.3 is 0 Å². The van der Waals surface area contributed by atoms with Gasteiger partial charge in [-0.25, -0.2) is 4.98 Å². The molecule has 0 saturated heterocycles. The van der Waals surface area contributed by atoms with E-state index in [0.29, 0.717) is 5.69 Å². The first-order valence-electron chi connectivity index (χ1n) is 5.96. The van der Waals surface area contributed by atoms with Crippen LogP contribution in [0.4, 0.5) is 5.69 Å². The molecule has 0 aliphatic carbocycles. The van der Waals surface area contributed by atoms with Crippen LogP contribution in [0.3, 0.4) is 0 Å². The van der Waals surface area contributed by atoms with Crippen LogP contribution in [0.5, 0.6) is 0 Å². The van der Waals surface area contributed by atoms with Crippen molar-refractivity contribution in [2.24, 2.45) is 0 Å². The quantitative estimate of drug-likeness (QED) is 0.815. The minimum Gasteiger partial charge on any atom is -0.399 e. The van der Waals surface area contributed by atoms with Gasteiger partial charge in [-0.05, 0) is 30.7 Å². The van der Waals surface area contributed by atoms with Crippen molar-refractivity contribution in [2.75, 3.05) is 5.73 Å². The Bertz CT molecular complexity index is 508. The van der Waals surface area contributed by atoms with Crippen LogP contribution in [0.1, 0.15) is 30.7 Å². The molecule has 96 valence electrons. The van der Waals surface area contributed by atoms with E-state index in [0.717, 1.165) is 23.4 Å². The fourth-order valence-corrected chi connectivity index (χ4v) is 3.39. The summed E-state index contributed by atoms with van der Waals surface area (Å²) in [6.07, 6.45) is 5.21. The van der Waals surface area contributed by atoms with Crippen LogP contribution in [0.25, 0.3) is 0 Å². The maximum absolute atomic E-state index is 12.6. The highest BCUT2D eigenvalue weighted by atomic mass is 32.2. The first-order chi connectivity index (χ1) is 8.72. The highest BCUT2D eigenvalue weighted by Crippen LogP contribution is 2.28. The topological polar surface area (TPSA) is 71.8 Å². The Hall–Kier alpha value is -1.62. The monoisotopic (exact) mass is 263 g/mol. The van der Waals surface area contributed by atoms with Crippen LogP contribution in [0.15, 0.2) is 41.7 Å². The van der Waals surface area contributed by atoms with Gasteiger partial charge in [0.25, 0.3) is 0 Å². The van der Waals surface area contributed by atoms with Gasteiger partial charge in [-0.1, -0.05) is 13.3 Å². The van der Waals surface area contributed by atoms with E-state index in [1.165, 1.54) is 0 Å². The number of anilines is 1. The molecule has 0 radical (unpaired) electrons. The second kappa shape index (κ2) is 5.82. The average Bonchev–Trinajstić information content (AvgIpc) is 2.90. The normalized spacial score (nSPS) is 14.3. The lowest BCUT2D eigenvalue weighted by atomic mass is 10.2. The van der Waals surface area contributed by atoms with E-state index in [9.17, 15) is 4.21 Å². The van der Waals surface area contributed by atoms with Crippen molar-refractivity contribution in [1.29, 1.82) is 0 Å². The Morgan fingerprint density at radius 2 is 2.11 bits per heavy atom. The number of nitrogens with two attached hydrogens (primary N) is 1. The van der Waals surface area contributed by atoms with Crippen molar-refractivity contribution in [3.8, 4) is 0 Å². The second-order valence-corrected chi connectivity index (χ2v) is 5.79. The number of benzene rings is 1. The number of H-pyrrole nitrogens is 1. The number of imidazole rings is 1. The van der Waals surface area contributed by atoms with Crippen LogP contribution in [-0.4, -0.2) is 14.2 Å². The third-order valence-corrected chi connectivity index (χ3v) is 4.53. The van der Waals surface area contributed by atoms with Crippen LogP contribution in [0, 0.1) is 0 Å². The van der Waals surface area contributed by atoms with Crippen LogP contribution in [0.2, 0.25) is 0 Å². The molecule has 0 fully saturated rings. The molecule has 1 heterocycles. The minimum absolute atomic E-state index is 0.0406. The minimum atomic E-state index is -1.09. The summed E-state index contributed by atoms with van der Waals surface area (Å²) in [5.41, 5.74) is 7.25. The van der Waals surface area contributed by atoms with Gasteiger partial charge < -0.3 is 10.7 Å². The molecule has 2 unspecified atom stereocenters. The molecule has 0 spiro atoms. The van der Waals surface area contributed by atoms with Crippen LogP contribution in [-0.2, 0) is 10.8 Å². The van der Waals surface area contributed by atoms with Crippen molar-refractivity contribution in [1.82, 2.24) is 9.97 Å². The number of hydrogen-bond acceptors (Lipinski definition) is 3. The fourth-order valence-electron chi connectivity index (χ4n) is 1.85. The molecule has 2 aromatic rings. The highest BCUT2D eigenvalue weighted by Gasteiger charge is 2.20. The molecule has 0 bridgehead atoms. The SMILES string of the molecule is CCCC(c1cnc[nH]1)S(=O)c1ccc(N)cc1. The second-order valence-electron chi connectivity index (χ2n) is 4.15. The summed E-state index contributed by atoms with van der Waals surface area (Å²) in [7, 11) is -1.09. The predicted octanol–water partition coefficient (Wildman–Crippen LogP) is 2.64. The van der Waals surface area contributed by atoms with Gasteiger partial charge in [0.15, 0.2) is 0 Å². The van der Waals surface area contributed by atoms with Crippen molar-refractivity contribution < 1.29 is 4.21 Å². The first-order valence-corrected chi connectivity index (χ1v) is 7.18. The number of nitrogens with zero attached hydrogens (tertiary/aromatic N) is 1. The summed E-state index contributed by atoms with van der Waals surface area (Å²) >= 11 is 0. The molecular weight excluding hydrogens is 246 g/mol. The summed E-state index contributed by atoms with van der Waals surface area (Å²) in [5.74, 6) is 0. The molecule has 3 N–H and O–H groups in total. The number of nitrogens with one attached hydrogen (secondary N) is 1. The Labute approximate surface area is 109 Å². The van der Waals surface area contributed by atoms with Gasteiger partial charge in [-0.15, -0.1) is 0 Å². The molecule has 0 amide bonds. The first kappa shape index (κ1) is 12.8. The van der Waals surface area contributed by atoms with E-state index in [2.05, 4.69) is 16.9 Å². The molecular formula is C13H17N3OS. The van der Waals surface area contributed by atoms with Crippen LogP contribution >= 0.6 is 0 Å². The Morgan fingerprint density at radius 1 is 1.39 bits per heavy atom. The van der Waals surface area contributed by atoms with Gasteiger partial charge in [0.1, 0.15) is 0 Å². The molecule has 0 aliphatic rings. The van der Waals surface area contributed by atoms with Crippen LogP contribution < -0.4 is 5.73 Å². The molecule has 2 atom stereocenters. The lowest BCUT2D eigenvalue weighted by Gasteiger charge is -2.14. The van der Waals surface area contributed by atoms with Crippen molar-refractivity contribution in [3.63, 3.8) is 0 Å². The van der Waals surface area contributed by atoms with Crippen molar-refractivity contribution in [3.05, 3.63) is 42.5 Å². The third-order valence-electron chi connectivity index (χ3n) is 2.79. The van der Waals surface area contributed by atoms with Gasteiger partial charge in [-0.2, -0.15) is 0 Å². The van der Waals surface area contributed by atoms with E-state index < -0.39 is 10.8 Å². The third kappa shape index (κ3) is 2.79. The number of rotatable bonds is 5. The summed E-state index contributed by atoms with van der Waals surface area (Å²) in [4.78, 5) is 7.86. The number of hydrogen-bond donors (Lipinski definition) is 2. The highest BCUT2D eigenvalue weighted by molar-refractivity contribution is 7.85. The van der Waals surface area contributed by atoms with E-state index in [-0.39, 0.29) is 5.25 Å². The lowest BCUT2D eigenvalue weighted by molar-refractivity contribution is 0.656. The number of aromatic amines is 1. The molecule has 0 saturated carbocycles. The van der Waals surface area contributed by atoms with Crippen molar-refractivity contribution >= 4 is 16.5 Å². The number of aromatic nitrogens is 2. The average molecular weight is 263 g/mol. The molecule has 0 aliphatic heterocycles. The molecule has 1 aromatic carbocycles. The zero-order chi connectivity index (χ0) is 13.0. The molecule has 18 heavy (non-hydrogen) atoms. The summed E-state index contributed by atoms with van der Waals surface area (Å²) in [6.45, 7) is 2.09. The fraction of sp³-hybridized carbons (Fsp3) is 0.308. The standard InChI is InChI=1S/C13H17N3OS/c1-2-3-13(12-8-15-9-16-12)18(17)11-6-4-10(14)5-7-11/h4-9,13H,2-3,14H2,1H3,(H,15,16). The van der Waals surface area contributed by atoms with E-state index in [4.69, 9.17) is 5.73 Å². The molecule has 4 nitrogen and oxygen atoms in total. The Morgan fingerprint density at radius 3 is 2.67 bits per heavy atom. The summed E-state index contributed by atoms with van der Waals surface area (Å²) < 4.78 is 12.6. The van der Waals surface area contributed by atoms with E-state index >= 15 is 0 Å². The molecule has 2 rings (SSSR count). The largest absolute Gasteiger partial charge is 0.399 e. The summed E-state index contributed by atoms with van der Waals surface area (Å²) in [6, 6.07) is 7.21. The van der Waals surface area contributed by atoms with Gasteiger partial charge in [-0.3, -0.25) is 4.21 Å². The van der Waals surface area contributed by atoms with E-state index in [1.54, 1.807) is 24.7 Å². The zero-order valence-corrected chi connectivity index (χ0v) is 11.1. The molecule has 5 heteroatoms. The lowest BCUT2D eigenvalue weighted by Crippen LogP contribution is -2.07. The van der Waals surface area contributed by atoms with Gasteiger partial charge in [0, 0.05) is 16.8 Å². The van der Waals surface area contributed by atoms with E-state index in [1.807, 2.05) is 12.1 Å².